The molecule has 1 aromatic heterocycles. The second-order valence-electron chi connectivity index (χ2n) is 15.0. The molecule has 0 aliphatic heterocycles. The smallest absolute Gasteiger partial charge is 0.0547 e. The molecular formula is C56H38N2. The van der Waals surface area contributed by atoms with Gasteiger partial charge in [-0.3, -0.25) is 0 Å². The lowest BCUT2D eigenvalue weighted by molar-refractivity contribution is 1.18. The van der Waals surface area contributed by atoms with Crippen LogP contribution in [0.25, 0.3) is 82.4 Å². The van der Waals surface area contributed by atoms with Crippen molar-refractivity contribution in [3.8, 4) is 39.1 Å². The second-order valence-corrected chi connectivity index (χ2v) is 15.0. The molecule has 58 heavy (non-hydrogen) atoms. The number of benzene rings is 10. The van der Waals surface area contributed by atoms with E-state index >= 15 is 0 Å². The summed E-state index contributed by atoms with van der Waals surface area (Å²) in [6.07, 6.45) is 0. The Morgan fingerprint density at radius 3 is 1.66 bits per heavy atom. The Bertz CT molecular complexity index is 3270. The van der Waals surface area contributed by atoms with Gasteiger partial charge in [0.2, 0.25) is 0 Å². The first-order valence-electron chi connectivity index (χ1n) is 19.9. The van der Waals surface area contributed by atoms with Crippen molar-refractivity contribution in [1.29, 1.82) is 0 Å². The zero-order valence-corrected chi connectivity index (χ0v) is 31.8. The van der Waals surface area contributed by atoms with E-state index in [2.05, 4.69) is 240 Å². The lowest BCUT2D eigenvalue weighted by Gasteiger charge is -2.28. The molecule has 0 saturated heterocycles. The predicted octanol–water partition coefficient (Wildman–Crippen LogP) is 15.6. The fraction of sp³-hybridized carbons (Fsp3) is 0. The maximum Gasteiger partial charge on any atom is 0.0547 e. The predicted molar refractivity (Wildman–Crippen MR) is 247 cm³/mol. The highest BCUT2D eigenvalue weighted by Gasteiger charge is 2.19. The first-order chi connectivity index (χ1) is 28.8. The number of anilines is 3. The van der Waals surface area contributed by atoms with Crippen LogP contribution in [0.15, 0.2) is 231 Å². The molecule has 0 unspecified atom stereocenters. The van der Waals surface area contributed by atoms with E-state index < -0.39 is 0 Å². The average molecular weight is 739 g/mol. The van der Waals surface area contributed by atoms with Crippen LogP contribution < -0.4 is 4.90 Å². The molecule has 11 aromatic rings. The van der Waals surface area contributed by atoms with Gasteiger partial charge in [0.25, 0.3) is 0 Å². The van der Waals surface area contributed by atoms with Crippen LogP contribution >= 0.6 is 0 Å². The van der Waals surface area contributed by atoms with E-state index in [4.69, 9.17) is 0 Å². The minimum atomic E-state index is 1.09. The number of hydrogen-bond donors (Lipinski definition) is 0. The number of fused-ring (bicyclic) bond motifs is 6. The topological polar surface area (TPSA) is 8.17 Å². The van der Waals surface area contributed by atoms with Crippen molar-refractivity contribution in [2.24, 2.45) is 0 Å². The van der Waals surface area contributed by atoms with E-state index in [-0.39, 0.29) is 0 Å². The van der Waals surface area contributed by atoms with Crippen LogP contribution in [0.2, 0.25) is 0 Å². The summed E-state index contributed by atoms with van der Waals surface area (Å²) in [4.78, 5) is 2.40. The summed E-state index contributed by atoms with van der Waals surface area (Å²) in [6.45, 7) is 0. The van der Waals surface area contributed by atoms with Gasteiger partial charge in [-0.2, -0.15) is 0 Å². The van der Waals surface area contributed by atoms with Crippen LogP contribution in [0.3, 0.4) is 0 Å². The quantitative estimate of drug-likeness (QED) is 0.158. The van der Waals surface area contributed by atoms with Gasteiger partial charge in [0.05, 0.1) is 16.7 Å². The third-order valence-corrected chi connectivity index (χ3v) is 11.5. The van der Waals surface area contributed by atoms with E-state index in [0.29, 0.717) is 0 Å². The van der Waals surface area contributed by atoms with Gasteiger partial charge in [-0.05, 0) is 110 Å². The van der Waals surface area contributed by atoms with E-state index in [1.807, 2.05) is 0 Å². The van der Waals surface area contributed by atoms with E-state index in [9.17, 15) is 0 Å². The van der Waals surface area contributed by atoms with Gasteiger partial charge >= 0.3 is 0 Å². The van der Waals surface area contributed by atoms with Gasteiger partial charge in [-0.25, -0.2) is 0 Å². The van der Waals surface area contributed by atoms with Gasteiger partial charge in [0.15, 0.2) is 0 Å². The maximum absolute atomic E-state index is 2.45. The Morgan fingerprint density at radius 1 is 0.310 bits per heavy atom. The molecule has 0 atom stereocenters. The van der Waals surface area contributed by atoms with E-state index in [1.165, 1.54) is 65.6 Å². The van der Waals surface area contributed by atoms with E-state index in [0.717, 1.165) is 33.9 Å². The van der Waals surface area contributed by atoms with Crippen LogP contribution in [-0.2, 0) is 0 Å². The van der Waals surface area contributed by atoms with Crippen molar-refractivity contribution < 1.29 is 0 Å². The minimum Gasteiger partial charge on any atom is -0.310 e. The molecule has 0 saturated carbocycles. The highest BCUT2D eigenvalue weighted by Crippen LogP contribution is 2.43. The summed E-state index contributed by atoms with van der Waals surface area (Å²) < 4.78 is 2.45. The Balaban J connectivity index is 1.09. The molecule has 2 heteroatoms. The Morgan fingerprint density at radius 2 is 0.879 bits per heavy atom. The zero-order chi connectivity index (χ0) is 38.4. The molecule has 11 rings (SSSR count). The van der Waals surface area contributed by atoms with Crippen LogP contribution in [0.5, 0.6) is 0 Å². The van der Waals surface area contributed by atoms with Crippen molar-refractivity contribution in [2.75, 3.05) is 4.90 Å². The van der Waals surface area contributed by atoms with Crippen LogP contribution in [0.1, 0.15) is 0 Å². The lowest BCUT2D eigenvalue weighted by atomic mass is 9.97. The number of hydrogen-bond acceptors (Lipinski definition) is 1. The molecule has 0 amide bonds. The molecule has 0 bridgehead atoms. The molecule has 0 aliphatic carbocycles. The van der Waals surface area contributed by atoms with Gasteiger partial charge in [0, 0.05) is 33.4 Å². The molecular weight excluding hydrogens is 701 g/mol. The molecule has 0 spiro atoms. The van der Waals surface area contributed by atoms with Gasteiger partial charge < -0.3 is 9.47 Å². The fourth-order valence-corrected chi connectivity index (χ4v) is 8.80. The van der Waals surface area contributed by atoms with Crippen LogP contribution in [0.4, 0.5) is 17.1 Å². The number of para-hydroxylation sites is 2. The summed E-state index contributed by atoms with van der Waals surface area (Å²) in [5.74, 6) is 0. The first-order valence-corrected chi connectivity index (χ1v) is 19.9. The minimum absolute atomic E-state index is 1.09. The lowest BCUT2D eigenvalue weighted by Crippen LogP contribution is -2.11. The van der Waals surface area contributed by atoms with E-state index in [1.54, 1.807) is 0 Å². The molecule has 272 valence electrons. The monoisotopic (exact) mass is 738 g/mol. The normalized spacial score (nSPS) is 11.4. The standard InChI is InChI=1S/C56H38N2/c1-3-15-39(16-4-1)45-35-46(38-49(37-45)58-54-26-14-12-24-52(54)56-51-23-10-9-20-43(51)30-34-55(56)58)41-27-31-47(32-28-41)57(48-33-29-40-17-7-8-21-44(40)36-48)53-25-13-11-22-50(53)42-18-5-2-6-19-42/h1-38H. The van der Waals surface area contributed by atoms with Gasteiger partial charge in [-0.15, -0.1) is 0 Å². The molecule has 0 aliphatic rings. The molecule has 10 aromatic carbocycles. The SMILES string of the molecule is c1ccc(-c2cc(-c3ccc(N(c4ccc5ccccc5c4)c4ccccc4-c4ccccc4)cc3)cc(-n3c4ccccc4c4c5ccccc5ccc43)c2)cc1. The number of aromatic nitrogens is 1. The molecule has 0 radical (unpaired) electrons. The van der Waals surface area contributed by atoms with Crippen molar-refractivity contribution in [1.82, 2.24) is 4.57 Å². The van der Waals surface area contributed by atoms with Gasteiger partial charge in [0.1, 0.15) is 0 Å². The van der Waals surface area contributed by atoms with Crippen molar-refractivity contribution in [3.05, 3.63) is 231 Å². The summed E-state index contributed by atoms with van der Waals surface area (Å²) in [6, 6.07) is 83.7. The maximum atomic E-state index is 2.45. The average Bonchev–Trinajstić information content (AvgIpc) is 3.65. The Hall–Kier alpha value is -7.68. The molecule has 0 fully saturated rings. The van der Waals surface area contributed by atoms with Crippen molar-refractivity contribution in [2.45, 2.75) is 0 Å². The van der Waals surface area contributed by atoms with Gasteiger partial charge in [-0.1, -0.05) is 170 Å². The first kappa shape index (κ1) is 33.6. The van der Waals surface area contributed by atoms with Crippen molar-refractivity contribution >= 4 is 60.4 Å². The number of nitrogens with zero attached hydrogens (tertiary/aromatic N) is 2. The third-order valence-electron chi connectivity index (χ3n) is 11.5. The zero-order valence-electron chi connectivity index (χ0n) is 31.8. The molecule has 2 nitrogen and oxygen atoms in total. The third kappa shape index (κ3) is 5.82. The highest BCUT2D eigenvalue weighted by atomic mass is 15.1. The van der Waals surface area contributed by atoms with Crippen molar-refractivity contribution in [3.63, 3.8) is 0 Å². The summed E-state index contributed by atoms with van der Waals surface area (Å²) in [7, 11) is 0. The molecule has 1 heterocycles. The summed E-state index contributed by atoms with van der Waals surface area (Å²) >= 11 is 0. The fourth-order valence-electron chi connectivity index (χ4n) is 8.80. The Kier molecular flexibility index (Phi) is 8.19. The number of rotatable bonds is 7. The highest BCUT2D eigenvalue weighted by molar-refractivity contribution is 6.21. The summed E-state index contributed by atoms with van der Waals surface area (Å²) in [5, 5.41) is 7.50. The largest absolute Gasteiger partial charge is 0.310 e. The second kappa shape index (κ2) is 14.1. The molecule has 0 N–H and O–H groups in total. The summed E-state index contributed by atoms with van der Waals surface area (Å²) in [5.41, 5.74) is 13.9. The Labute approximate surface area is 338 Å². The van der Waals surface area contributed by atoms with Crippen LogP contribution in [0, 0.1) is 0 Å². The van der Waals surface area contributed by atoms with Crippen LogP contribution in [-0.4, -0.2) is 4.57 Å².